The lowest BCUT2D eigenvalue weighted by atomic mass is 10.0. The number of aromatic nitrogens is 3. The number of hydrogen-bond donors (Lipinski definition) is 0. The van der Waals surface area contributed by atoms with Crippen LogP contribution in [0.1, 0.15) is 64.0 Å². The first-order valence-electron chi connectivity index (χ1n) is 10.8. The minimum Gasteiger partial charge on any atom is -0.444 e. The third-order valence-electron chi connectivity index (χ3n) is 6.05. The summed E-state index contributed by atoms with van der Waals surface area (Å²) in [4.78, 5) is 27.2. The molecule has 7 nitrogen and oxygen atoms in total. The number of likely N-dealkylation sites (tertiary alicyclic amines) is 1. The average Bonchev–Trinajstić information content (AvgIpc) is 3.47. The van der Waals surface area contributed by atoms with Crippen molar-refractivity contribution in [1.82, 2.24) is 19.1 Å². The highest BCUT2D eigenvalue weighted by Crippen LogP contribution is 2.44. The molecule has 5 rings (SSSR count). The highest BCUT2D eigenvalue weighted by molar-refractivity contribution is 5.96. The molecule has 0 bridgehead atoms. The molecule has 7 heteroatoms. The van der Waals surface area contributed by atoms with Crippen LogP contribution < -0.4 is 5.56 Å². The number of amides is 1. The van der Waals surface area contributed by atoms with E-state index in [1.807, 2.05) is 35.9 Å². The molecule has 1 aromatic carbocycles. The number of carbonyl (C=O) groups excluding carboxylic acids is 1. The molecule has 1 aliphatic carbocycles. The van der Waals surface area contributed by atoms with Crippen molar-refractivity contribution >= 4 is 22.6 Å². The van der Waals surface area contributed by atoms with E-state index in [0.717, 1.165) is 29.4 Å². The fourth-order valence-corrected chi connectivity index (χ4v) is 4.54. The van der Waals surface area contributed by atoms with Crippen LogP contribution in [0.2, 0.25) is 0 Å². The molecular weight excluding hydrogens is 380 g/mol. The van der Waals surface area contributed by atoms with Gasteiger partial charge in [0.1, 0.15) is 11.2 Å². The Hall–Kier alpha value is -2.83. The second kappa shape index (κ2) is 6.86. The van der Waals surface area contributed by atoms with E-state index in [1.54, 1.807) is 17.2 Å². The molecule has 1 amide bonds. The summed E-state index contributed by atoms with van der Waals surface area (Å²) in [6.45, 7) is 6.78. The first kappa shape index (κ1) is 19.2. The number of rotatable bonds is 2. The van der Waals surface area contributed by atoms with Gasteiger partial charge in [0.2, 0.25) is 0 Å². The predicted molar refractivity (Wildman–Crippen MR) is 115 cm³/mol. The number of benzene rings is 1. The quantitative estimate of drug-likeness (QED) is 0.640. The number of hydrogen-bond acceptors (Lipinski definition) is 4. The van der Waals surface area contributed by atoms with Crippen LogP contribution in [0.5, 0.6) is 0 Å². The minimum absolute atomic E-state index is 0.00869. The van der Waals surface area contributed by atoms with Crippen molar-refractivity contribution in [3.05, 3.63) is 46.4 Å². The van der Waals surface area contributed by atoms with Crippen molar-refractivity contribution in [1.29, 1.82) is 0 Å². The normalized spacial score (nSPS) is 18.3. The fourth-order valence-electron chi connectivity index (χ4n) is 4.54. The monoisotopic (exact) mass is 408 g/mol. The van der Waals surface area contributed by atoms with Crippen LogP contribution in [0.3, 0.4) is 0 Å². The summed E-state index contributed by atoms with van der Waals surface area (Å²) >= 11 is 0. The molecule has 3 aromatic rings. The fraction of sp³-hybridized carbons (Fsp3) is 0.522. The largest absolute Gasteiger partial charge is 0.444 e. The first-order valence-corrected chi connectivity index (χ1v) is 10.8. The zero-order chi connectivity index (χ0) is 21.0. The van der Waals surface area contributed by atoms with Gasteiger partial charge in [-0.1, -0.05) is 12.1 Å². The molecular formula is C23H28N4O3. The van der Waals surface area contributed by atoms with E-state index in [9.17, 15) is 9.59 Å². The molecule has 3 heterocycles. The third-order valence-corrected chi connectivity index (χ3v) is 6.05. The standard InChI is InChI=1S/C23H28N4O3/c1-23(2,3)30-22(29)25-12-9-16(10-13-25)27-19(28)11-14-26-21(27)20-17(15-7-8-15)5-4-6-18(20)24-26/h4-6,11,14-16H,7-10,12-13H2,1-3H3. The number of carbonyl (C=O) groups is 1. The number of ether oxygens (including phenoxy) is 1. The van der Waals surface area contributed by atoms with Gasteiger partial charge in [-0.2, -0.15) is 5.10 Å². The van der Waals surface area contributed by atoms with Gasteiger partial charge in [0.25, 0.3) is 5.56 Å². The third kappa shape index (κ3) is 3.36. The summed E-state index contributed by atoms with van der Waals surface area (Å²) in [5.41, 5.74) is 2.60. The Morgan fingerprint density at radius 3 is 2.50 bits per heavy atom. The van der Waals surface area contributed by atoms with Crippen molar-refractivity contribution < 1.29 is 9.53 Å². The summed E-state index contributed by atoms with van der Waals surface area (Å²) in [6, 6.07) is 7.88. The van der Waals surface area contributed by atoms with Gasteiger partial charge in [0.15, 0.2) is 0 Å². The zero-order valence-electron chi connectivity index (χ0n) is 17.8. The van der Waals surface area contributed by atoms with Crippen LogP contribution in [-0.4, -0.2) is 43.9 Å². The van der Waals surface area contributed by atoms with Crippen LogP contribution in [0.25, 0.3) is 16.6 Å². The van der Waals surface area contributed by atoms with E-state index in [0.29, 0.717) is 19.0 Å². The molecule has 2 fully saturated rings. The summed E-state index contributed by atoms with van der Waals surface area (Å²) in [7, 11) is 0. The highest BCUT2D eigenvalue weighted by atomic mass is 16.6. The SMILES string of the molecule is CC(C)(C)OC(=O)N1CCC(n2c(=O)ccn3nc4cccc(C5CC5)c4c23)CC1. The summed E-state index contributed by atoms with van der Waals surface area (Å²) in [5.74, 6) is 0.569. The van der Waals surface area contributed by atoms with E-state index < -0.39 is 5.60 Å². The molecule has 1 aliphatic heterocycles. The second-order valence-electron chi connectivity index (χ2n) is 9.51. The lowest BCUT2D eigenvalue weighted by Gasteiger charge is -2.34. The van der Waals surface area contributed by atoms with E-state index in [2.05, 4.69) is 12.1 Å². The Morgan fingerprint density at radius 2 is 1.83 bits per heavy atom. The van der Waals surface area contributed by atoms with Crippen LogP contribution in [0.4, 0.5) is 4.79 Å². The molecule has 158 valence electrons. The van der Waals surface area contributed by atoms with Crippen LogP contribution in [0.15, 0.2) is 35.3 Å². The Labute approximate surface area is 175 Å². The number of piperidine rings is 1. The lowest BCUT2D eigenvalue weighted by Crippen LogP contribution is -2.43. The van der Waals surface area contributed by atoms with Crippen molar-refractivity contribution in [3.8, 4) is 0 Å². The molecule has 0 unspecified atom stereocenters. The van der Waals surface area contributed by atoms with Crippen molar-refractivity contribution in [2.45, 2.75) is 64.0 Å². The predicted octanol–water partition coefficient (Wildman–Crippen LogP) is 4.10. The number of nitrogens with zero attached hydrogens (tertiary/aromatic N) is 4. The van der Waals surface area contributed by atoms with Gasteiger partial charge in [-0.25, -0.2) is 9.31 Å². The first-order chi connectivity index (χ1) is 14.3. The van der Waals surface area contributed by atoms with Gasteiger partial charge in [-0.05, 0) is 64.0 Å². The minimum atomic E-state index is -0.508. The second-order valence-corrected chi connectivity index (χ2v) is 9.51. The maximum Gasteiger partial charge on any atom is 0.410 e. The molecule has 1 saturated heterocycles. The van der Waals surface area contributed by atoms with E-state index in [4.69, 9.17) is 9.84 Å². The van der Waals surface area contributed by atoms with Gasteiger partial charge >= 0.3 is 6.09 Å². The van der Waals surface area contributed by atoms with Crippen LogP contribution in [-0.2, 0) is 4.74 Å². The Bertz CT molecular complexity index is 1170. The highest BCUT2D eigenvalue weighted by Gasteiger charge is 2.31. The van der Waals surface area contributed by atoms with Gasteiger partial charge < -0.3 is 9.64 Å². The Morgan fingerprint density at radius 1 is 1.10 bits per heavy atom. The molecule has 0 spiro atoms. The topological polar surface area (TPSA) is 68.8 Å². The number of fused-ring (bicyclic) bond motifs is 3. The molecule has 0 radical (unpaired) electrons. The van der Waals surface area contributed by atoms with Crippen LogP contribution in [0, 0.1) is 0 Å². The smallest absolute Gasteiger partial charge is 0.410 e. The summed E-state index contributed by atoms with van der Waals surface area (Å²) < 4.78 is 9.27. The van der Waals surface area contributed by atoms with Crippen molar-refractivity contribution in [3.63, 3.8) is 0 Å². The Kier molecular flexibility index (Phi) is 4.38. The maximum atomic E-state index is 13.0. The molecule has 0 atom stereocenters. The average molecular weight is 409 g/mol. The molecule has 2 aliphatic rings. The summed E-state index contributed by atoms with van der Waals surface area (Å²) in [6.07, 6.45) is 5.32. The molecule has 2 aromatic heterocycles. The van der Waals surface area contributed by atoms with Gasteiger partial charge in [-0.3, -0.25) is 9.36 Å². The van der Waals surface area contributed by atoms with Gasteiger partial charge in [0.05, 0.1) is 5.52 Å². The maximum absolute atomic E-state index is 13.0. The van der Waals surface area contributed by atoms with Gasteiger partial charge in [-0.15, -0.1) is 0 Å². The van der Waals surface area contributed by atoms with Gasteiger partial charge in [0, 0.05) is 36.8 Å². The summed E-state index contributed by atoms with van der Waals surface area (Å²) in [5, 5.41) is 5.84. The molecule has 0 N–H and O–H groups in total. The van der Waals surface area contributed by atoms with Crippen molar-refractivity contribution in [2.75, 3.05) is 13.1 Å². The zero-order valence-corrected chi connectivity index (χ0v) is 17.8. The van der Waals surface area contributed by atoms with Crippen molar-refractivity contribution in [2.24, 2.45) is 0 Å². The van der Waals surface area contributed by atoms with Crippen LogP contribution >= 0.6 is 0 Å². The van der Waals surface area contributed by atoms with E-state index >= 15 is 0 Å². The Balaban J connectivity index is 1.51. The van der Waals surface area contributed by atoms with E-state index in [-0.39, 0.29) is 17.7 Å². The molecule has 30 heavy (non-hydrogen) atoms. The van der Waals surface area contributed by atoms with E-state index in [1.165, 1.54) is 18.4 Å². The lowest BCUT2D eigenvalue weighted by molar-refractivity contribution is 0.0188. The molecule has 1 saturated carbocycles.